The predicted molar refractivity (Wildman–Crippen MR) is 114 cm³/mol. The zero-order valence-corrected chi connectivity index (χ0v) is 18.6. The van der Waals surface area contributed by atoms with Crippen molar-refractivity contribution in [3.05, 3.63) is 35.5 Å². The molecular formula is C24H35NO5. The van der Waals surface area contributed by atoms with Gasteiger partial charge in [-0.3, -0.25) is 4.79 Å². The van der Waals surface area contributed by atoms with Gasteiger partial charge in [0.1, 0.15) is 0 Å². The summed E-state index contributed by atoms with van der Waals surface area (Å²) in [5, 5.41) is 23.4. The summed E-state index contributed by atoms with van der Waals surface area (Å²) >= 11 is 0. The Labute approximate surface area is 179 Å². The van der Waals surface area contributed by atoms with Crippen LogP contribution in [0.1, 0.15) is 53.9 Å². The van der Waals surface area contributed by atoms with E-state index in [1.165, 1.54) is 11.6 Å². The molecule has 3 rings (SSSR count). The highest BCUT2D eigenvalue weighted by atomic mass is 16.6. The number of allylic oxidation sites excluding steroid dienone is 2. The summed E-state index contributed by atoms with van der Waals surface area (Å²) in [6, 6.07) is -0.0792. The number of nitrogens with one attached hydrogen (secondary N) is 1. The maximum atomic E-state index is 13.4. The van der Waals surface area contributed by atoms with E-state index in [4.69, 9.17) is 4.74 Å². The zero-order chi connectivity index (χ0) is 22.2. The summed E-state index contributed by atoms with van der Waals surface area (Å²) < 4.78 is 5.99. The molecule has 1 spiro atoms. The molecule has 0 aromatic carbocycles. The molecule has 6 nitrogen and oxygen atoms in total. The van der Waals surface area contributed by atoms with Crippen molar-refractivity contribution in [1.82, 2.24) is 5.32 Å². The highest BCUT2D eigenvalue weighted by Crippen LogP contribution is 2.50. The van der Waals surface area contributed by atoms with Crippen molar-refractivity contribution < 1.29 is 24.5 Å². The molecule has 1 saturated heterocycles. The van der Waals surface area contributed by atoms with Gasteiger partial charge in [-0.1, -0.05) is 44.1 Å². The molecule has 7 atom stereocenters. The van der Waals surface area contributed by atoms with Crippen LogP contribution in [0.25, 0.3) is 0 Å². The van der Waals surface area contributed by atoms with Gasteiger partial charge in [0.25, 0.3) is 5.91 Å². The Morgan fingerprint density at radius 1 is 1.23 bits per heavy atom. The first-order valence-corrected chi connectivity index (χ1v) is 11.0. The molecule has 0 bridgehead atoms. The quantitative estimate of drug-likeness (QED) is 0.474. The molecule has 0 aromatic rings. The third kappa shape index (κ3) is 4.12. The zero-order valence-electron chi connectivity index (χ0n) is 18.6. The first-order valence-electron chi connectivity index (χ1n) is 11.0. The van der Waals surface area contributed by atoms with Crippen LogP contribution in [-0.2, 0) is 14.3 Å². The molecule has 0 unspecified atom stereocenters. The number of carbonyl (C=O) groups excluding carboxylic acids is 2. The minimum Gasteiger partial charge on any atom is -0.444 e. The van der Waals surface area contributed by atoms with Gasteiger partial charge in [0.05, 0.1) is 12.2 Å². The first kappa shape index (κ1) is 22.8. The number of aliphatic hydroxyl groups is 2. The van der Waals surface area contributed by atoms with Crippen molar-refractivity contribution >= 4 is 11.9 Å². The Morgan fingerprint density at radius 2 is 1.93 bits per heavy atom. The van der Waals surface area contributed by atoms with E-state index < -0.39 is 23.8 Å². The molecule has 0 radical (unpaired) electrons. The van der Waals surface area contributed by atoms with E-state index in [1.54, 1.807) is 0 Å². The van der Waals surface area contributed by atoms with E-state index in [0.29, 0.717) is 18.8 Å². The normalized spacial score (nSPS) is 42.5. The maximum absolute atomic E-state index is 13.4. The van der Waals surface area contributed by atoms with Crippen LogP contribution >= 0.6 is 0 Å². The third-order valence-electron chi connectivity index (χ3n) is 6.91. The Balaban J connectivity index is 2.13. The van der Waals surface area contributed by atoms with Crippen LogP contribution in [0.5, 0.6) is 0 Å². The van der Waals surface area contributed by atoms with Crippen LogP contribution < -0.4 is 5.32 Å². The standard InChI is InChI=1S/C24H35NO5/c1-13(2)10-18-22-16(5)15(4)12-17-11-14(3)6-7-19(26)20(27)8-9-21(28)30-24(17,22)23(29)25-18/h8-9,11-13,16-20,22,26-27H,6-7,10H2,1-5H3,(H,25,29)/b9-8+,14-11-/t16-,17-,18+,19-,20+,22+,24+/m0/s1. The van der Waals surface area contributed by atoms with Gasteiger partial charge in [-0.05, 0) is 51.0 Å². The van der Waals surface area contributed by atoms with Crippen LogP contribution in [0.4, 0.5) is 0 Å². The fourth-order valence-corrected chi connectivity index (χ4v) is 5.27. The SMILES string of the molecule is CC1=C[C@@H]2/C=C(/C)CC[C@H](O)[C@H](O)/C=C/C(=O)O[C@]23C(=O)N[C@H](CC(C)C)[C@H]3[C@H]1C. The van der Waals surface area contributed by atoms with Crippen LogP contribution in [0.3, 0.4) is 0 Å². The summed E-state index contributed by atoms with van der Waals surface area (Å²) in [6.45, 7) is 10.4. The van der Waals surface area contributed by atoms with E-state index in [-0.39, 0.29) is 29.7 Å². The lowest BCUT2D eigenvalue weighted by atomic mass is 9.63. The molecular weight excluding hydrogens is 382 g/mol. The van der Waals surface area contributed by atoms with Gasteiger partial charge >= 0.3 is 5.97 Å². The van der Waals surface area contributed by atoms with E-state index in [9.17, 15) is 19.8 Å². The summed E-state index contributed by atoms with van der Waals surface area (Å²) in [4.78, 5) is 26.2. The smallest absolute Gasteiger partial charge is 0.331 e. The second kappa shape index (κ2) is 8.67. The molecule has 1 aliphatic carbocycles. The number of hydrogen-bond donors (Lipinski definition) is 3. The minimum absolute atomic E-state index is 0.0785. The molecule has 0 saturated carbocycles. The summed E-state index contributed by atoms with van der Waals surface area (Å²) in [5.41, 5.74) is 0.858. The van der Waals surface area contributed by atoms with Gasteiger partial charge in [0.15, 0.2) is 0 Å². The van der Waals surface area contributed by atoms with Gasteiger partial charge in [-0.25, -0.2) is 4.79 Å². The topological polar surface area (TPSA) is 95.9 Å². The fraction of sp³-hybridized carbons (Fsp3) is 0.667. The van der Waals surface area contributed by atoms with E-state index >= 15 is 0 Å². The van der Waals surface area contributed by atoms with Gasteiger partial charge < -0.3 is 20.3 Å². The largest absolute Gasteiger partial charge is 0.444 e. The van der Waals surface area contributed by atoms with Crippen LogP contribution in [0, 0.1) is 23.7 Å². The lowest BCUT2D eigenvalue weighted by molar-refractivity contribution is -0.172. The molecule has 6 heteroatoms. The van der Waals surface area contributed by atoms with Crippen LogP contribution in [-0.4, -0.2) is 45.9 Å². The van der Waals surface area contributed by atoms with E-state index in [2.05, 4.69) is 39.1 Å². The van der Waals surface area contributed by atoms with Gasteiger partial charge in [-0.15, -0.1) is 0 Å². The average molecular weight is 418 g/mol. The molecule has 3 N–H and O–H groups in total. The monoisotopic (exact) mass is 417 g/mol. The highest BCUT2D eigenvalue weighted by molar-refractivity contribution is 5.94. The summed E-state index contributed by atoms with van der Waals surface area (Å²) in [7, 11) is 0. The highest BCUT2D eigenvalue weighted by Gasteiger charge is 2.64. The van der Waals surface area contributed by atoms with Crippen molar-refractivity contribution in [2.45, 2.75) is 77.7 Å². The van der Waals surface area contributed by atoms with E-state index in [0.717, 1.165) is 18.1 Å². The number of aliphatic hydroxyl groups excluding tert-OH is 2. The average Bonchev–Trinajstić information content (AvgIpc) is 2.93. The number of ether oxygens (including phenoxy) is 1. The molecule has 1 amide bonds. The molecule has 1 fully saturated rings. The molecule has 2 heterocycles. The van der Waals surface area contributed by atoms with Crippen LogP contribution in [0.2, 0.25) is 0 Å². The molecule has 2 aliphatic heterocycles. The Kier molecular flexibility index (Phi) is 6.58. The number of carbonyl (C=O) groups is 2. The molecule has 0 aromatic heterocycles. The van der Waals surface area contributed by atoms with Gasteiger partial charge in [0, 0.05) is 24.0 Å². The van der Waals surface area contributed by atoms with Crippen molar-refractivity contribution in [2.75, 3.05) is 0 Å². The van der Waals surface area contributed by atoms with Crippen molar-refractivity contribution in [1.29, 1.82) is 0 Å². The predicted octanol–water partition coefficient (Wildman–Crippen LogP) is 2.66. The van der Waals surface area contributed by atoms with Crippen LogP contribution in [0.15, 0.2) is 35.5 Å². The lowest BCUT2D eigenvalue weighted by Crippen LogP contribution is -2.56. The second-order valence-electron chi connectivity index (χ2n) is 9.64. The van der Waals surface area contributed by atoms with Gasteiger partial charge in [-0.2, -0.15) is 0 Å². The number of esters is 1. The number of amides is 1. The molecule has 3 aliphatic rings. The van der Waals surface area contributed by atoms with Crippen molar-refractivity contribution in [3.8, 4) is 0 Å². The van der Waals surface area contributed by atoms with Crippen molar-refractivity contribution in [2.24, 2.45) is 23.7 Å². The number of hydrogen-bond acceptors (Lipinski definition) is 5. The summed E-state index contributed by atoms with van der Waals surface area (Å²) in [5.74, 6) is -1.02. The van der Waals surface area contributed by atoms with Crippen molar-refractivity contribution in [3.63, 3.8) is 0 Å². The van der Waals surface area contributed by atoms with E-state index in [1.807, 2.05) is 13.0 Å². The Morgan fingerprint density at radius 3 is 2.60 bits per heavy atom. The maximum Gasteiger partial charge on any atom is 0.331 e. The fourth-order valence-electron chi connectivity index (χ4n) is 5.27. The Bertz CT molecular complexity index is 782. The Hall–Kier alpha value is -1.92. The third-order valence-corrected chi connectivity index (χ3v) is 6.91. The second-order valence-corrected chi connectivity index (χ2v) is 9.64. The first-order chi connectivity index (χ1) is 14.1. The summed E-state index contributed by atoms with van der Waals surface area (Å²) in [6.07, 6.45) is 6.06. The minimum atomic E-state index is -1.32. The molecule has 30 heavy (non-hydrogen) atoms. The van der Waals surface area contributed by atoms with Gasteiger partial charge in [0.2, 0.25) is 5.60 Å². The lowest BCUT2D eigenvalue weighted by Gasteiger charge is -2.45. The molecule has 166 valence electrons. The number of rotatable bonds is 2.